The monoisotopic (exact) mass is 539 g/mol. The van der Waals surface area contributed by atoms with E-state index >= 15 is 0 Å². The lowest BCUT2D eigenvalue weighted by Gasteiger charge is -2.10. The minimum Gasteiger partial charge on any atom is -0.462 e. The standard InChI is InChI=1S/C29H46ClNO4S/c1-2-3-4-5-6-7-8-9-10-11-12-13-14-15-16-17-25-35-29(32)28(19-18-24-31)36(33,34)27-22-20-26(30)21-23-27/h19-24,31H,2-18,25H2,1H3. The van der Waals surface area contributed by atoms with Crippen molar-refractivity contribution in [3.63, 3.8) is 0 Å². The lowest BCUT2D eigenvalue weighted by atomic mass is 10.0. The minimum absolute atomic E-state index is 0.0255. The molecule has 0 bridgehead atoms. The first kappa shape index (κ1) is 32.4. The fourth-order valence-corrected chi connectivity index (χ4v) is 5.56. The number of carbonyl (C=O) groups is 1. The van der Waals surface area contributed by atoms with Crippen molar-refractivity contribution in [3.8, 4) is 0 Å². The predicted molar refractivity (Wildman–Crippen MR) is 151 cm³/mol. The van der Waals surface area contributed by atoms with Crippen molar-refractivity contribution >= 4 is 33.6 Å². The number of allylic oxidation sites excluding steroid dienone is 1. The predicted octanol–water partition coefficient (Wildman–Crippen LogP) is 8.84. The highest BCUT2D eigenvalue weighted by Gasteiger charge is 2.28. The van der Waals surface area contributed by atoms with E-state index < -0.39 is 20.7 Å². The summed E-state index contributed by atoms with van der Waals surface area (Å²) in [5.41, 5.74) is 0. The summed E-state index contributed by atoms with van der Waals surface area (Å²) in [6.45, 7) is 2.45. The Kier molecular flexibility index (Phi) is 18.3. The first-order valence-corrected chi connectivity index (χ1v) is 15.7. The number of ether oxygens (including phenoxy) is 1. The molecular formula is C29H46ClNO4S. The fraction of sp³-hybridized carbons (Fsp3) is 0.655. The summed E-state index contributed by atoms with van der Waals surface area (Å²) in [4.78, 5) is 12.1. The zero-order valence-electron chi connectivity index (χ0n) is 22.1. The lowest BCUT2D eigenvalue weighted by Crippen LogP contribution is -2.17. The van der Waals surface area contributed by atoms with Gasteiger partial charge in [-0.15, -0.1) is 0 Å². The Morgan fingerprint density at radius 1 is 0.806 bits per heavy atom. The summed E-state index contributed by atoms with van der Waals surface area (Å²) in [6, 6.07) is 5.65. The molecule has 0 fully saturated rings. The zero-order chi connectivity index (χ0) is 26.5. The topological polar surface area (TPSA) is 84.3 Å². The van der Waals surface area contributed by atoms with Gasteiger partial charge in [0, 0.05) is 11.4 Å². The van der Waals surface area contributed by atoms with Crippen molar-refractivity contribution in [1.82, 2.24) is 0 Å². The van der Waals surface area contributed by atoms with E-state index in [4.69, 9.17) is 21.7 Å². The molecule has 0 aliphatic heterocycles. The highest BCUT2D eigenvalue weighted by Crippen LogP contribution is 2.23. The van der Waals surface area contributed by atoms with Gasteiger partial charge in [0.05, 0.1) is 11.5 Å². The van der Waals surface area contributed by atoms with Gasteiger partial charge in [-0.2, -0.15) is 0 Å². The number of nitrogens with one attached hydrogen (secondary N) is 1. The molecule has 0 spiro atoms. The van der Waals surface area contributed by atoms with E-state index in [1.807, 2.05) is 0 Å². The number of esters is 1. The van der Waals surface area contributed by atoms with Crippen LogP contribution in [0.4, 0.5) is 0 Å². The SMILES string of the molecule is CCCCCCCCCCCCCCCCCCOC(=O)C(=CCC=N)S(=O)(=O)c1ccc(Cl)cc1. The Labute approximate surface area is 224 Å². The summed E-state index contributed by atoms with van der Waals surface area (Å²) in [7, 11) is -4.04. The largest absolute Gasteiger partial charge is 0.462 e. The first-order valence-electron chi connectivity index (χ1n) is 13.8. The highest BCUT2D eigenvalue weighted by atomic mass is 35.5. The third-order valence-corrected chi connectivity index (χ3v) is 8.32. The van der Waals surface area contributed by atoms with Gasteiger partial charge in [-0.25, -0.2) is 13.2 Å². The van der Waals surface area contributed by atoms with Crippen LogP contribution in [-0.4, -0.2) is 27.2 Å². The van der Waals surface area contributed by atoms with Gasteiger partial charge in [0.1, 0.15) is 0 Å². The summed E-state index contributed by atoms with van der Waals surface area (Å²) in [6.07, 6.45) is 22.5. The van der Waals surface area contributed by atoms with Crippen LogP contribution >= 0.6 is 11.6 Å². The molecule has 0 aromatic heterocycles. The van der Waals surface area contributed by atoms with Crippen LogP contribution in [0.1, 0.15) is 116 Å². The Hall–Kier alpha value is -1.66. The van der Waals surface area contributed by atoms with Gasteiger partial charge in [-0.05, 0) is 36.9 Å². The molecule has 0 saturated carbocycles. The minimum atomic E-state index is -4.04. The summed E-state index contributed by atoms with van der Waals surface area (Å²) < 4.78 is 31.0. The molecule has 0 unspecified atom stereocenters. The molecule has 1 N–H and O–H groups in total. The number of halogens is 1. The number of sulfone groups is 1. The molecular weight excluding hydrogens is 494 g/mol. The van der Waals surface area contributed by atoms with E-state index in [0.717, 1.165) is 19.1 Å². The molecule has 204 valence electrons. The third kappa shape index (κ3) is 14.2. The Balaban J connectivity index is 2.17. The molecule has 0 aliphatic rings. The second-order valence-corrected chi connectivity index (χ2v) is 11.8. The van der Waals surface area contributed by atoms with Crippen LogP contribution in [0, 0.1) is 5.41 Å². The van der Waals surface area contributed by atoms with Crippen LogP contribution in [-0.2, 0) is 19.4 Å². The van der Waals surface area contributed by atoms with Crippen LogP contribution in [0.25, 0.3) is 0 Å². The quantitative estimate of drug-likeness (QED) is 0.0690. The highest BCUT2D eigenvalue weighted by molar-refractivity contribution is 7.96. The van der Waals surface area contributed by atoms with Crippen molar-refractivity contribution in [1.29, 1.82) is 5.41 Å². The first-order chi connectivity index (χ1) is 17.4. The molecule has 7 heteroatoms. The van der Waals surface area contributed by atoms with E-state index in [1.54, 1.807) is 0 Å². The molecule has 1 rings (SSSR count). The second kappa shape index (κ2) is 20.4. The molecule has 0 aliphatic carbocycles. The number of hydrogen-bond acceptors (Lipinski definition) is 5. The van der Waals surface area contributed by atoms with Gasteiger partial charge in [0.25, 0.3) is 0 Å². The normalized spacial score (nSPS) is 12.0. The Bertz CT molecular complexity index is 866. The van der Waals surface area contributed by atoms with Gasteiger partial charge in [-0.3, -0.25) is 0 Å². The van der Waals surface area contributed by atoms with E-state index in [2.05, 4.69) is 6.92 Å². The zero-order valence-corrected chi connectivity index (χ0v) is 23.7. The maximum absolute atomic E-state index is 12.9. The molecule has 5 nitrogen and oxygen atoms in total. The number of hydrogen-bond donors (Lipinski definition) is 1. The van der Waals surface area contributed by atoms with E-state index in [9.17, 15) is 13.2 Å². The number of rotatable bonds is 22. The summed E-state index contributed by atoms with van der Waals surface area (Å²) in [5, 5.41) is 7.59. The van der Waals surface area contributed by atoms with Gasteiger partial charge in [0.2, 0.25) is 9.84 Å². The van der Waals surface area contributed by atoms with Crippen LogP contribution in [0.2, 0.25) is 5.02 Å². The lowest BCUT2D eigenvalue weighted by molar-refractivity contribution is -0.138. The van der Waals surface area contributed by atoms with Gasteiger partial charge >= 0.3 is 5.97 Å². The third-order valence-electron chi connectivity index (χ3n) is 6.27. The average molecular weight is 540 g/mol. The van der Waals surface area contributed by atoms with Gasteiger partial charge < -0.3 is 10.1 Å². The molecule has 0 amide bonds. The van der Waals surface area contributed by atoms with Crippen molar-refractivity contribution in [2.45, 2.75) is 121 Å². The molecule has 1 aromatic rings. The van der Waals surface area contributed by atoms with Crippen LogP contribution in [0.3, 0.4) is 0 Å². The van der Waals surface area contributed by atoms with Gasteiger partial charge in [0.15, 0.2) is 4.91 Å². The van der Waals surface area contributed by atoms with Crippen LogP contribution in [0.5, 0.6) is 0 Å². The van der Waals surface area contributed by atoms with Gasteiger partial charge in [-0.1, -0.05) is 121 Å². The molecule has 36 heavy (non-hydrogen) atoms. The van der Waals surface area contributed by atoms with E-state index in [0.29, 0.717) is 11.4 Å². The maximum Gasteiger partial charge on any atom is 0.349 e. The average Bonchev–Trinajstić information content (AvgIpc) is 2.86. The number of benzene rings is 1. The van der Waals surface area contributed by atoms with Crippen molar-refractivity contribution in [3.05, 3.63) is 40.3 Å². The molecule has 0 heterocycles. The number of carbonyl (C=O) groups excluding carboxylic acids is 1. The van der Waals surface area contributed by atoms with Crippen molar-refractivity contribution < 1.29 is 17.9 Å². The molecule has 0 atom stereocenters. The van der Waals surface area contributed by atoms with E-state index in [1.165, 1.54) is 114 Å². The van der Waals surface area contributed by atoms with Crippen molar-refractivity contribution in [2.24, 2.45) is 0 Å². The Morgan fingerprint density at radius 3 is 1.69 bits per heavy atom. The second-order valence-electron chi connectivity index (χ2n) is 9.40. The Morgan fingerprint density at radius 2 is 1.25 bits per heavy atom. The molecule has 0 saturated heterocycles. The summed E-state index contributed by atoms with van der Waals surface area (Å²) in [5.74, 6) is -0.868. The van der Waals surface area contributed by atoms with Crippen LogP contribution < -0.4 is 0 Å². The number of unbranched alkanes of at least 4 members (excludes halogenated alkanes) is 15. The van der Waals surface area contributed by atoms with Crippen LogP contribution in [0.15, 0.2) is 40.1 Å². The van der Waals surface area contributed by atoms with Crippen molar-refractivity contribution in [2.75, 3.05) is 6.61 Å². The molecule has 0 radical (unpaired) electrons. The smallest absolute Gasteiger partial charge is 0.349 e. The summed E-state index contributed by atoms with van der Waals surface area (Å²) >= 11 is 5.84. The fourth-order valence-electron chi connectivity index (χ4n) is 4.10. The van der Waals surface area contributed by atoms with E-state index in [-0.39, 0.29) is 17.9 Å². The molecule has 1 aromatic carbocycles. The maximum atomic E-state index is 12.9.